The van der Waals surface area contributed by atoms with Gasteiger partial charge in [0.05, 0.1) is 11.8 Å². The molecule has 0 bridgehead atoms. The van der Waals surface area contributed by atoms with Crippen LogP contribution in [0.15, 0.2) is 60.8 Å². The van der Waals surface area contributed by atoms with E-state index in [0.29, 0.717) is 31.8 Å². The van der Waals surface area contributed by atoms with Crippen molar-refractivity contribution >= 4 is 16.7 Å². The molecule has 2 N–H and O–H groups in total. The van der Waals surface area contributed by atoms with E-state index in [4.69, 9.17) is 0 Å². The van der Waals surface area contributed by atoms with Gasteiger partial charge in [0.25, 0.3) is 5.91 Å². The molecular formula is C31H39N3O2. The van der Waals surface area contributed by atoms with Crippen LogP contribution in [0.4, 0.5) is 0 Å². The van der Waals surface area contributed by atoms with Crippen LogP contribution in [0, 0.1) is 5.92 Å². The van der Waals surface area contributed by atoms with Crippen molar-refractivity contribution in [2.45, 2.75) is 69.9 Å². The summed E-state index contributed by atoms with van der Waals surface area (Å²) in [5, 5.41) is 15.9. The number of fused-ring (bicyclic) bond motifs is 1. The number of carbonyl (C=O) groups excluding carboxylic acids is 1. The molecule has 2 fully saturated rings. The second-order valence-electron chi connectivity index (χ2n) is 10.8. The molecule has 2 aliphatic rings. The molecule has 5 nitrogen and oxygen atoms in total. The SMILES string of the molecule is C[C@@H](NCCCC1CCC(c2ccc(C(=O)N3CCC(O)CC3)cc2)C1)c1nccc2ccccc12. The van der Waals surface area contributed by atoms with Gasteiger partial charge in [-0.3, -0.25) is 9.78 Å². The van der Waals surface area contributed by atoms with E-state index in [1.54, 1.807) is 0 Å². The average molecular weight is 486 g/mol. The molecule has 190 valence electrons. The van der Waals surface area contributed by atoms with Crippen LogP contribution < -0.4 is 5.32 Å². The normalized spacial score (nSPS) is 21.7. The number of aliphatic hydroxyl groups excluding tert-OH is 1. The Morgan fingerprint density at radius 3 is 2.64 bits per heavy atom. The minimum atomic E-state index is -0.257. The molecule has 36 heavy (non-hydrogen) atoms. The highest BCUT2D eigenvalue weighted by molar-refractivity contribution is 5.94. The maximum atomic E-state index is 12.8. The first-order chi connectivity index (χ1) is 17.6. The van der Waals surface area contributed by atoms with Crippen LogP contribution in [0.3, 0.4) is 0 Å². The number of hydrogen-bond acceptors (Lipinski definition) is 4. The molecule has 5 rings (SSSR count). The van der Waals surface area contributed by atoms with Gasteiger partial charge in [0.1, 0.15) is 0 Å². The summed E-state index contributed by atoms with van der Waals surface area (Å²) < 4.78 is 0. The van der Waals surface area contributed by atoms with Gasteiger partial charge >= 0.3 is 0 Å². The number of piperidine rings is 1. The number of likely N-dealkylation sites (tertiary alicyclic amines) is 1. The van der Waals surface area contributed by atoms with Gasteiger partial charge in [-0.25, -0.2) is 0 Å². The molecular weight excluding hydrogens is 446 g/mol. The molecule has 0 spiro atoms. The lowest BCUT2D eigenvalue weighted by molar-refractivity contribution is 0.0546. The summed E-state index contributed by atoms with van der Waals surface area (Å²) in [5.41, 5.74) is 3.27. The van der Waals surface area contributed by atoms with Gasteiger partial charge in [-0.15, -0.1) is 0 Å². The topological polar surface area (TPSA) is 65.5 Å². The molecule has 1 aliphatic carbocycles. The van der Waals surface area contributed by atoms with Crippen molar-refractivity contribution in [3.8, 4) is 0 Å². The summed E-state index contributed by atoms with van der Waals surface area (Å²) in [6.07, 6.45) is 9.25. The maximum Gasteiger partial charge on any atom is 0.253 e. The van der Waals surface area contributed by atoms with Crippen LogP contribution >= 0.6 is 0 Å². The molecule has 1 aliphatic heterocycles. The quantitative estimate of drug-likeness (QED) is 0.393. The summed E-state index contributed by atoms with van der Waals surface area (Å²) in [6.45, 7) is 4.53. The number of hydrogen-bond donors (Lipinski definition) is 2. The van der Waals surface area contributed by atoms with Gasteiger partial charge in [0.15, 0.2) is 0 Å². The zero-order chi connectivity index (χ0) is 24.9. The maximum absolute atomic E-state index is 12.8. The summed E-state index contributed by atoms with van der Waals surface area (Å²) in [5.74, 6) is 1.48. The van der Waals surface area contributed by atoms with E-state index in [9.17, 15) is 9.90 Å². The fourth-order valence-electron chi connectivity index (χ4n) is 6.08. The number of aliphatic hydroxyl groups is 1. The zero-order valence-electron chi connectivity index (χ0n) is 21.4. The number of carbonyl (C=O) groups is 1. The molecule has 2 heterocycles. The van der Waals surface area contributed by atoms with E-state index in [1.165, 1.54) is 48.4 Å². The third-order valence-electron chi connectivity index (χ3n) is 8.28. The Balaban J connectivity index is 1.06. The molecule has 3 aromatic rings. The minimum absolute atomic E-state index is 0.0955. The van der Waals surface area contributed by atoms with Crippen molar-refractivity contribution < 1.29 is 9.90 Å². The first kappa shape index (κ1) is 24.9. The Labute approximate surface area is 214 Å². The fraction of sp³-hybridized carbons (Fsp3) is 0.484. The monoisotopic (exact) mass is 485 g/mol. The minimum Gasteiger partial charge on any atom is -0.393 e. The van der Waals surface area contributed by atoms with Crippen molar-refractivity contribution in [2.24, 2.45) is 5.92 Å². The fourth-order valence-corrected chi connectivity index (χ4v) is 6.08. The van der Waals surface area contributed by atoms with Gasteiger partial charge in [-0.2, -0.15) is 0 Å². The second-order valence-corrected chi connectivity index (χ2v) is 10.8. The summed E-state index contributed by atoms with van der Waals surface area (Å²) in [4.78, 5) is 19.3. The van der Waals surface area contributed by atoms with Crippen LogP contribution in [-0.2, 0) is 0 Å². The van der Waals surface area contributed by atoms with Gasteiger partial charge in [-0.1, -0.05) is 36.4 Å². The summed E-state index contributed by atoms with van der Waals surface area (Å²) >= 11 is 0. The molecule has 2 unspecified atom stereocenters. The highest BCUT2D eigenvalue weighted by atomic mass is 16.3. The van der Waals surface area contributed by atoms with Gasteiger partial charge in [0.2, 0.25) is 0 Å². The first-order valence-corrected chi connectivity index (χ1v) is 13.7. The Morgan fingerprint density at radius 1 is 1.06 bits per heavy atom. The van der Waals surface area contributed by atoms with E-state index in [-0.39, 0.29) is 18.1 Å². The molecule has 1 saturated heterocycles. The zero-order valence-corrected chi connectivity index (χ0v) is 21.4. The van der Waals surface area contributed by atoms with E-state index >= 15 is 0 Å². The standard InChI is InChI=1S/C31H39N3O2/c1-22(30-29-7-3-2-6-25(29)14-18-33-30)32-17-4-5-23-8-9-27(21-23)24-10-12-26(13-11-24)31(36)34-19-15-28(35)16-20-34/h2-3,6-7,10-14,18,22-23,27-28,32,35H,4-5,8-9,15-17,19-21H2,1H3/t22-,23?,27?/m1/s1. The van der Waals surface area contributed by atoms with Crippen molar-refractivity contribution in [3.05, 3.63) is 77.6 Å². The third kappa shape index (κ3) is 5.79. The number of benzene rings is 2. The molecule has 0 radical (unpaired) electrons. The van der Waals surface area contributed by atoms with Crippen LogP contribution in [-0.4, -0.2) is 46.6 Å². The lowest BCUT2D eigenvalue weighted by Crippen LogP contribution is -2.40. The van der Waals surface area contributed by atoms with Crippen molar-refractivity contribution in [1.29, 1.82) is 0 Å². The van der Waals surface area contributed by atoms with E-state index in [1.807, 2.05) is 23.2 Å². The number of amides is 1. The number of rotatable bonds is 8. The Bertz CT molecular complexity index is 1150. The molecule has 1 amide bonds. The summed E-state index contributed by atoms with van der Waals surface area (Å²) in [7, 11) is 0. The third-order valence-corrected chi connectivity index (χ3v) is 8.28. The largest absolute Gasteiger partial charge is 0.393 e. The number of nitrogens with zero attached hydrogens (tertiary/aromatic N) is 2. The van der Waals surface area contributed by atoms with Crippen molar-refractivity contribution in [3.63, 3.8) is 0 Å². The average Bonchev–Trinajstić information content (AvgIpc) is 3.40. The second kappa shape index (κ2) is 11.5. The highest BCUT2D eigenvalue weighted by Gasteiger charge is 2.26. The van der Waals surface area contributed by atoms with E-state index in [0.717, 1.165) is 23.7 Å². The summed E-state index contributed by atoms with van der Waals surface area (Å²) in [6, 6.07) is 19.1. The van der Waals surface area contributed by atoms with Crippen LogP contribution in [0.2, 0.25) is 0 Å². The number of pyridine rings is 1. The Kier molecular flexibility index (Phi) is 7.98. The predicted molar refractivity (Wildman–Crippen MR) is 145 cm³/mol. The van der Waals surface area contributed by atoms with Crippen LogP contribution in [0.25, 0.3) is 10.8 Å². The molecule has 5 heteroatoms. The Hall–Kier alpha value is -2.76. The first-order valence-electron chi connectivity index (χ1n) is 13.7. The van der Waals surface area contributed by atoms with E-state index < -0.39 is 0 Å². The smallest absolute Gasteiger partial charge is 0.253 e. The van der Waals surface area contributed by atoms with Crippen molar-refractivity contribution in [2.75, 3.05) is 19.6 Å². The molecule has 3 atom stereocenters. The van der Waals surface area contributed by atoms with Gasteiger partial charge in [-0.05, 0) is 99.4 Å². The van der Waals surface area contributed by atoms with Crippen LogP contribution in [0.1, 0.15) is 85.4 Å². The van der Waals surface area contributed by atoms with Crippen molar-refractivity contribution in [1.82, 2.24) is 15.2 Å². The van der Waals surface area contributed by atoms with Gasteiger partial charge < -0.3 is 15.3 Å². The molecule has 2 aromatic carbocycles. The van der Waals surface area contributed by atoms with Crippen LogP contribution in [0.5, 0.6) is 0 Å². The lowest BCUT2D eigenvalue weighted by atomic mass is 9.94. The predicted octanol–water partition coefficient (Wildman–Crippen LogP) is 5.85. The van der Waals surface area contributed by atoms with E-state index in [2.05, 4.69) is 59.7 Å². The Morgan fingerprint density at radius 2 is 1.83 bits per heavy atom. The molecule has 1 saturated carbocycles. The van der Waals surface area contributed by atoms with Gasteiger partial charge in [0, 0.05) is 36.3 Å². The number of aromatic nitrogens is 1. The lowest BCUT2D eigenvalue weighted by Gasteiger charge is -2.29. The highest BCUT2D eigenvalue weighted by Crippen LogP contribution is 2.40. The molecule has 1 aromatic heterocycles. The number of nitrogens with one attached hydrogen (secondary N) is 1.